The molecule has 0 bridgehead atoms. The molecule has 1 rings (SSSR count). The van der Waals surface area contributed by atoms with Gasteiger partial charge in [-0.2, -0.15) is 0 Å². The van der Waals surface area contributed by atoms with Crippen LogP contribution in [0.3, 0.4) is 0 Å². The molecule has 1 heterocycles. The van der Waals surface area contributed by atoms with Crippen molar-refractivity contribution < 1.29 is 29.6 Å². The fraction of sp³-hybridized carbons (Fsp3) is 0.750. The molecule has 6 heteroatoms. The summed E-state index contributed by atoms with van der Waals surface area (Å²) in [6, 6.07) is 0. The van der Waals surface area contributed by atoms with Crippen LogP contribution in [0.5, 0.6) is 0 Å². The Balaban J connectivity index is 3.02. The van der Waals surface area contributed by atoms with Crippen LogP contribution in [0.1, 0.15) is 46.5 Å². The highest BCUT2D eigenvalue weighted by Crippen LogP contribution is 2.26. The lowest BCUT2D eigenvalue weighted by atomic mass is 9.83. The quantitative estimate of drug-likeness (QED) is 0.643. The van der Waals surface area contributed by atoms with Gasteiger partial charge in [-0.3, -0.25) is 4.79 Å². The average Bonchev–Trinajstić information content (AvgIpc) is 2.58. The molecule has 0 fully saturated rings. The largest absolute Gasteiger partial charge is 0.462 e. The Morgan fingerprint density at radius 3 is 2.54 bits per heavy atom. The van der Waals surface area contributed by atoms with Crippen molar-refractivity contribution in [1.82, 2.24) is 0 Å². The van der Waals surface area contributed by atoms with Gasteiger partial charge in [-0.1, -0.05) is 44.6 Å². The molecule has 0 radical (unpaired) electrons. The van der Waals surface area contributed by atoms with Crippen LogP contribution in [0.2, 0.25) is 0 Å². The Morgan fingerprint density at radius 1 is 1.23 bits per heavy atom. The highest BCUT2D eigenvalue weighted by Gasteiger charge is 2.35. The minimum absolute atomic E-state index is 0.0642. The lowest BCUT2D eigenvalue weighted by molar-refractivity contribution is -0.156. The molecule has 0 saturated heterocycles. The van der Waals surface area contributed by atoms with Crippen LogP contribution in [0.25, 0.3) is 0 Å². The first kappa shape index (κ1) is 22.8. The number of cyclic esters (lactones) is 1. The molecular formula is C20H34O6. The van der Waals surface area contributed by atoms with E-state index in [1.807, 2.05) is 26.0 Å². The maximum absolute atomic E-state index is 12.0. The van der Waals surface area contributed by atoms with Gasteiger partial charge < -0.3 is 24.8 Å². The molecule has 150 valence electrons. The van der Waals surface area contributed by atoms with Gasteiger partial charge in [0.05, 0.1) is 24.7 Å². The highest BCUT2D eigenvalue weighted by atomic mass is 16.5. The first-order chi connectivity index (χ1) is 12.3. The number of hydrogen-bond donors (Lipinski definition) is 3. The Hall–Kier alpha value is -1.21. The first-order valence-electron chi connectivity index (χ1n) is 9.39. The fourth-order valence-electron chi connectivity index (χ4n) is 3.28. The molecule has 26 heavy (non-hydrogen) atoms. The standard InChI is InChI=1S/C20H34O6/c1-5-15-11-13(2)16(21)10-8-6-7-9-14(3)26-18(23)12-17(22)20(25-4)19(15)24/h6-8,10,13-17,19-22,24H,5,9,11-12H2,1-4H3/b7-6+,10-8+. The molecular weight excluding hydrogens is 336 g/mol. The van der Waals surface area contributed by atoms with E-state index in [1.54, 1.807) is 19.1 Å². The van der Waals surface area contributed by atoms with E-state index in [9.17, 15) is 20.1 Å². The molecule has 0 spiro atoms. The Morgan fingerprint density at radius 2 is 1.92 bits per heavy atom. The monoisotopic (exact) mass is 370 g/mol. The third-order valence-corrected chi connectivity index (χ3v) is 4.98. The van der Waals surface area contributed by atoms with Crippen molar-refractivity contribution >= 4 is 5.97 Å². The zero-order valence-electron chi connectivity index (χ0n) is 16.2. The molecule has 7 unspecified atom stereocenters. The summed E-state index contributed by atoms with van der Waals surface area (Å²) < 4.78 is 10.6. The SMILES string of the molecule is CCC1CC(C)C(O)/C=C/C=C/CC(C)OC(=O)CC(O)C(OC)C1O. The van der Waals surface area contributed by atoms with Crippen LogP contribution >= 0.6 is 0 Å². The Labute approximate surface area is 156 Å². The summed E-state index contributed by atoms with van der Waals surface area (Å²) in [6.45, 7) is 5.64. The van der Waals surface area contributed by atoms with Crippen LogP contribution < -0.4 is 0 Å². The molecule has 6 nitrogen and oxygen atoms in total. The number of aliphatic hydroxyl groups is 3. The number of hydrogen-bond acceptors (Lipinski definition) is 6. The van der Waals surface area contributed by atoms with Crippen molar-refractivity contribution in [3.63, 3.8) is 0 Å². The van der Waals surface area contributed by atoms with E-state index in [0.717, 1.165) is 0 Å². The number of carbonyl (C=O) groups excluding carboxylic acids is 1. The van der Waals surface area contributed by atoms with Crippen LogP contribution in [0.15, 0.2) is 24.3 Å². The van der Waals surface area contributed by atoms with Crippen molar-refractivity contribution in [3.05, 3.63) is 24.3 Å². The summed E-state index contributed by atoms with van der Waals surface area (Å²) in [5.41, 5.74) is 0. The third-order valence-electron chi connectivity index (χ3n) is 4.98. The van der Waals surface area contributed by atoms with Crippen molar-refractivity contribution in [2.75, 3.05) is 7.11 Å². The van der Waals surface area contributed by atoms with Gasteiger partial charge in [0, 0.05) is 13.5 Å². The smallest absolute Gasteiger partial charge is 0.308 e. The summed E-state index contributed by atoms with van der Waals surface area (Å²) in [4.78, 5) is 12.0. The fourth-order valence-corrected chi connectivity index (χ4v) is 3.28. The van der Waals surface area contributed by atoms with Crippen molar-refractivity contribution in [2.45, 2.75) is 77.0 Å². The molecule has 0 amide bonds. The van der Waals surface area contributed by atoms with Gasteiger partial charge in [-0.15, -0.1) is 0 Å². The van der Waals surface area contributed by atoms with Gasteiger partial charge in [0.1, 0.15) is 12.2 Å². The van der Waals surface area contributed by atoms with Gasteiger partial charge in [-0.05, 0) is 25.2 Å². The lowest BCUT2D eigenvalue weighted by Gasteiger charge is -2.33. The van der Waals surface area contributed by atoms with Crippen LogP contribution in [-0.2, 0) is 14.3 Å². The van der Waals surface area contributed by atoms with Crippen molar-refractivity contribution in [2.24, 2.45) is 11.8 Å². The second-order valence-corrected chi connectivity index (χ2v) is 7.18. The van der Waals surface area contributed by atoms with Gasteiger partial charge >= 0.3 is 5.97 Å². The van der Waals surface area contributed by atoms with E-state index in [4.69, 9.17) is 9.47 Å². The van der Waals surface area contributed by atoms with Crippen LogP contribution in [-0.4, -0.2) is 58.9 Å². The summed E-state index contributed by atoms with van der Waals surface area (Å²) in [7, 11) is 1.40. The summed E-state index contributed by atoms with van der Waals surface area (Å²) in [6.07, 6.45) is 4.74. The van der Waals surface area contributed by atoms with E-state index in [1.165, 1.54) is 7.11 Å². The predicted molar refractivity (Wildman–Crippen MR) is 99.4 cm³/mol. The Kier molecular flexibility index (Phi) is 10.1. The molecule has 0 aromatic carbocycles. The van der Waals surface area contributed by atoms with E-state index >= 15 is 0 Å². The van der Waals surface area contributed by atoms with Gasteiger partial charge in [-0.25, -0.2) is 0 Å². The van der Waals surface area contributed by atoms with Gasteiger partial charge in [0.15, 0.2) is 0 Å². The predicted octanol–water partition coefficient (Wildman–Crippen LogP) is 1.97. The molecule has 0 aromatic heterocycles. The Bertz CT molecular complexity index is 475. The minimum Gasteiger partial charge on any atom is -0.462 e. The average molecular weight is 370 g/mol. The number of carbonyl (C=O) groups is 1. The van der Waals surface area contributed by atoms with Crippen molar-refractivity contribution in [1.29, 1.82) is 0 Å². The van der Waals surface area contributed by atoms with Crippen molar-refractivity contribution in [3.8, 4) is 0 Å². The maximum atomic E-state index is 12.0. The van der Waals surface area contributed by atoms with Crippen LogP contribution in [0, 0.1) is 11.8 Å². The molecule has 1 aliphatic heterocycles. The number of aliphatic hydroxyl groups excluding tert-OH is 3. The second-order valence-electron chi connectivity index (χ2n) is 7.18. The van der Waals surface area contributed by atoms with Gasteiger partial charge in [0.2, 0.25) is 0 Å². The number of ether oxygens (including phenoxy) is 2. The zero-order valence-corrected chi connectivity index (χ0v) is 16.2. The number of methoxy groups -OCH3 is 1. The number of esters is 1. The molecule has 0 aromatic rings. The summed E-state index contributed by atoms with van der Waals surface area (Å²) in [5, 5.41) is 31.4. The van der Waals surface area contributed by atoms with E-state index < -0.39 is 30.4 Å². The molecule has 0 aliphatic carbocycles. The lowest BCUT2D eigenvalue weighted by Crippen LogP contribution is -2.45. The first-order valence-corrected chi connectivity index (χ1v) is 9.39. The highest BCUT2D eigenvalue weighted by molar-refractivity contribution is 5.70. The normalized spacial score (nSPS) is 40.6. The molecule has 3 N–H and O–H groups in total. The van der Waals surface area contributed by atoms with E-state index in [2.05, 4.69) is 0 Å². The number of rotatable bonds is 2. The van der Waals surface area contributed by atoms with Gasteiger partial charge in [0.25, 0.3) is 0 Å². The maximum Gasteiger partial charge on any atom is 0.308 e. The summed E-state index contributed by atoms with van der Waals surface area (Å²) in [5.74, 6) is -0.760. The zero-order chi connectivity index (χ0) is 19.7. The van der Waals surface area contributed by atoms with E-state index in [-0.39, 0.29) is 24.4 Å². The molecule has 7 atom stereocenters. The number of allylic oxidation sites excluding steroid dienone is 2. The topological polar surface area (TPSA) is 96.2 Å². The second kappa shape index (κ2) is 11.5. The van der Waals surface area contributed by atoms with Crippen LogP contribution in [0.4, 0.5) is 0 Å². The summed E-state index contributed by atoms with van der Waals surface area (Å²) >= 11 is 0. The minimum atomic E-state index is -1.16. The molecule has 1 aliphatic rings. The third kappa shape index (κ3) is 7.19. The molecule has 0 saturated carbocycles. The van der Waals surface area contributed by atoms with E-state index in [0.29, 0.717) is 19.3 Å².